The summed E-state index contributed by atoms with van der Waals surface area (Å²) in [6.07, 6.45) is 3.04. The van der Waals surface area contributed by atoms with Gasteiger partial charge < -0.3 is 10.6 Å². The van der Waals surface area contributed by atoms with Gasteiger partial charge in [0, 0.05) is 10.7 Å². The van der Waals surface area contributed by atoms with E-state index in [1.807, 2.05) is 24.3 Å². The van der Waals surface area contributed by atoms with Gasteiger partial charge in [-0.3, -0.25) is 0 Å². The van der Waals surface area contributed by atoms with Crippen LogP contribution in [0.25, 0.3) is 6.08 Å². The monoisotopic (exact) mass is 352 g/mol. The van der Waals surface area contributed by atoms with Crippen LogP contribution in [0.2, 0.25) is 0 Å². The zero-order chi connectivity index (χ0) is 15.2. The predicted octanol–water partition coefficient (Wildman–Crippen LogP) is 4.52. The van der Waals surface area contributed by atoms with Crippen molar-refractivity contribution >= 4 is 33.7 Å². The molecule has 0 spiro atoms. The lowest BCUT2D eigenvalue weighted by molar-refractivity contribution is 0.255. The Labute approximate surface area is 128 Å². The van der Waals surface area contributed by atoms with E-state index in [-0.39, 0.29) is 0 Å². The second-order valence-electron chi connectivity index (χ2n) is 4.05. The third-order valence-corrected chi connectivity index (χ3v) is 3.31. The highest BCUT2D eigenvalue weighted by Crippen LogP contribution is 2.18. The maximum absolute atomic E-state index is 13.3. The van der Waals surface area contributed by atoms with Crippen molar-refractivity contribution in [1.29, 1.82) is 0 Å². The van der Waals surface area contributed by atoms with Crippen LogP contribution in [0.3, 0.4) is 0 Å². The molecule has 0 radical (unpaired) electrons. The number of amides is 2. The number of hydrogen-bond acceptors (Lipinski definition) is 1. The number of urea groups is 1. The maximum atomic E-state index is 13.3. The molecule has 2 rings (SSSR count). The van der Waals surface area contributed by atoms with Gasteiger partial charge in [-0.05, 0) is 29.8 Å². The largest absolute Gasteiger partial charge is 0.323 e. The number of benzene rings is 2. The Morgan fingerprint density at radius 3 is 2.38 bits per heavy atom. The van der Waals surface area contributed by atoms with Crippen molar-refractivity contribution in [2.45, 2.75) is 0 Å². The molecule has 0 bridgehead atoms. The van der Waals surface area contributed by atoms with E-state index in [0.29, 0.717) is 0 Å². The summed E-state index contributed by atoms with van der Waals surface area (Å²) in [5, 5.41) is 4.49. The lowest BCUT2D eigenvalue weighted by Gasteiger charge is -2.06. The Kier molecular flexibility index (Phi) is 5.05. The van der Waals surface area contributed by atoms with E-state index in [2.05, 4.69) is 26.6 Å². The minimum Gasteiger partial charge on any atom is -0.314 e. The minimum absolute atomic E-state index is 0.482. The van der Waals surface area contributed by atoms with Crippen molar-refractivity contribution in [1.82, 2.24) is 5.32 Å². The topological polar surface area (TPSA) is 41.1 Å². The molecule has 0 heterocycles. The predicted molar refractivity (Wildman–Crippen MR) is 81.7 cm³/mol. The van der Waals surface area contributed by atoms with Gasteiger partial charge in [-0.25, -0.2) is 13.6 Å². The zero-order valence-corrected chi connectivity index (χ0v) is 12.3. The molecule has 0 fully saturated rings. The van der Waals surface area contributed by atoms with E-state index in [1.165, 1.54) is 12.3 Å². The minimum atomic E-state index is -0.833. The van der Waals surface area contributed by atoms with Gasteiger partial charge in [0.2, 0.25) is 0 Å². The number of nitrogens with one attached hydrogen (secondary N) is 2. The maximum Gasteiger partial charge on any atom is 0.323 e. The molecule has 3 nitrogen and oxygen atoms in total. The van der Waals surface area contributed by atoms with Crippen LogP contribution in [-0.4, -0.2) is 6.03 Å². The van der Waals surface area contributed by atoms with Crippen LogP contribution in [0.4, 0.5) is 19.3 Å². The highest BCUT2D eigenvalue weighted by atomic mass is 79.9. The third kappa shape index (κ3) is 4.13. The fourth-order valence-corrected chi connectivity index (χ4v) is 2.00. The molecule has 2 aromatic carbocycles. The quantitative estimate of drug-likeness (QED) is 0.837. The normalized spacial score (nSPS) is 10.6. The molecule has 2 amide bonds. The van der Waals surface area contributed by atoms with Crippen molar-refractivity contribution in [3.63, 3.8) is 0 Å². The standard InChI is InChI=1S/C15H11BrF2N2O/c16-11-5-2-1-4-10(11)8-9-19-15(21)20-14-12(17)6-3-7-13(14)18/h1-9H,(H2,19,20,21)/b9-8+. The van der Waals surface area contributed by atoms with Gasteiger partial charge in [0.15, 0.2) is 0 Å². The Bertz CT molecular complexity index is 669. The third-order valence-electron chi connectivity index (χ3n) is 2.58. The van der Waals surface area contributed by atoms with E-state index >= 15 is 0 Å². The number of carbonyl (C=O) groups is 1. The fourth-order valence-electron chi connectivity index (χ4n) is 1.58. The highest BCUT2D eigenvalue weighted by molar-refractivity contribution is 9.10. The van der Waals surface area contributed by atoms with E-state index in [1.54, 1.807) is 6.08 Å². The lowest BCUT2D eigenvalue weighted by atomic mass is 10.2. The van der Waals surface area contributed by atoms with Gasteiger partial charge in [0.05, 0.1) is 0 Å². The van der Waals surface area contributed by atoms with Gasteiger partial charge >= 0.3 is 6.03 Å². The first-order valence-electron chi connectivity index (χ1n) is 6.00. The Hall–Kier alpha value is -2.21. The average molecular weight is 353 g/mol. The average Bonchev–Trinajstić information content (AvgIpc) is 2.45. The van der Waals surface area contributed by atoms with Crippen LogP contribution in [0.1, 0.15) is 5.56 Å². The molecule has 0 aliphatic rings. The van der Waals surface area contributed by atoms with Crippen LogP contribution >= 0.6 is 15.9 Å². The van der Waals surface area contributed by atoms with Crippen LogP contribution < -0.4 is 10.6 Å². The summed E-state index contributed by atoms with van der Waals surface area (Å²) in [5.74, 6) is -1.67. The van der Waals surface area contributed by atoms with E-state index in [9.17, 15) is 13.6 Å². The summed E-state index contributed by atoms with van der Waals surface area (Å²) >= 11 is 3.36. The number of rotatable bonds is 3. The molecule has 2 N–H and O–H groups in total. The molecule has 0 aliphatic carbocycles. The number of anilines is 1. The van der Waals surface area contributed by atoms with Crippen LogP contribution in [0.5, 0.6) is 0 Å². The smallest absolute Gasteiger partial charge is 0.314 e. The van der Waals surface area contributed by atoms with Crippen LogP contribution in [0.15, 0.2) is 53.1 Å². The van der Waals surface area contributed by atoms with Crippen molar-refractivity contribution in [2.75, 3.05) is 5.32 Å². The Morgan fingerprint density at radius 1 is 1.05 bits per heavy atom. The number of para-hydroxylation sites is 1. The molecule has 0 unspecified atom stereocenters. The Balaban J connectivity index is 1.98. The summed E-state index contributed by atoms with van der Waals surface area (Å²) < 4.78 is 27.6. The molecular formula is C15H11BrF2N2O. The number of carbonyl (C=O) groups excluding carboxylic acids is 1. The van der Waals surface area contributed by atoms with Gasteiger partial charge in [-0.1, -0.05) is 40.2 Å². The van der Waals surface area contributed by atoms with Gasteiger partial charge in [-0.15, -0.1) is 0 Å². The van der Waals surface area contributed by atoms with E-state index < -0.39 is 23.4 Å². The molecule has 108 valence electrons. The molecule has 6 heteroatoms. The van der Waals surface area contributed by atoms with E-state index in [0.717, 1.165) is 22.2 Å². The molecule has 21 heavy (non-hydrogen) atoms. The van der Waals surface area contributed by atoms with Crippen molar-refractivity contribution < 1.29 is 13.6 Å². The summed E-state index contributed by atoms with van der Waals surface area (Å²) in [6.45, 7) is 0. The van der Waals surface area contributed by atoms with Crippen LogP contribution in [0, 0.1) is 11.6 Å². The second-order valence-corrected chi connectivity index (χ2v) is 4.90. The number of hydrogen-bond donors (Lipinski definition) is 2. The molecule has 0 atom stereocenters. The second kappa shape index (κ2) is 6.99. The first kappa shape index (κ1) is 15.2. The lowest BCUT2D eigenvalue weighted by Crippen LogP contribution is -2.24. The summed E-state index contributed by atoms with van der Waals surface area (Å²) in [4.78, 5) is 11.6. The van der Waals surface area contributed by atoms with Gasteiger partial charge in [-0.2, -0.15) is 0 Å². The van der Waals surface area contributed by atoms with Crippen molar-refractivity contribution in [2.24, 2.45) is 0 Å². The van der Waals surface area contributed by atoms with Crippen LogP contribution in [-0.2, 0) is 0 Å². The van der Waals surface area contributed by atoms with Crippen molar-refractivity contribution in [3.05, 3.63) is 70.3 Å². The van der Waals surface area contributed by atoms with E-state index in [4.69, 9.17) is 0 Å². The summed E-state index contributed by atoms with van der Waals surface area (Å²) in [6, 6.07) is 10.0. The first-order chi connectivity index (χ1) is 10.1. The molecule has 0 saturated carbocycles. The highest BCUT2D eigenvalue weighted by Gasteiger charge is 2.10. The first-order valence-corrected chi connectivity index (χ1v) is 6.80. The summed E-state index contributed by atoms with van der Waals surface area (Å²) in [7, 11) is 0. The number of halogens is 3. The molecule has 2 aromatic rings. The molecule has 0 saturated heterocycles. The molecule has 0 aromatic heterocycles. The van der Waals surface area contributed by atoms with Gasteiger partial charge in [0.25, 0.3) is 0 Å². The molecular weight excluding hydrogens is 342 g/mol. The SMILES string of the molecule is O=C(N/C=C/c1ccccc1Br)Nc1c(F)cccc1F. The summed E-state index contributed by atoms with van der Waals surface area (Å²) in [5.41, 5.74) is 0.374. The van der Waals surface area contributed by atoms with Crippen molar-refractivity contribution in [3.8, 4) is 0 Å². The van der Waals surface area contributed by atoms with Gasteiger partial charge in [0.1, 0.15) is 17.3 Å². The zero-order valence-electron chi connectivity index (χ0n) is 10.7. The fraction of sp³-hybridized carbons (Fsp3) is 0. The Morgan fingerprint density at radius 2 is 1.71 bits per heavy atom. The molecule has 0 aliphatic heterocycles.